The summed E-state index contributed by atoms with van der Waals surface area (Å²) in [6.07, 6.45) is 2.99. The predicted molar refractivity (Wildman–Crippen MR) is 114 cm³/mol. The number of piperidine rings is 1. The Balaban J connectivity index is 1.41. The van der Waals surface area contributed by atoms with Gasteiger partial charge in [0.05, 0.1) is 26.2 Å². The SMILES string of the molecule is COC(=O)C1C(c2ccc(-c3cccc(C4OCCO4)c3)cc2)CC2CCC1N2C. The Morgan fingerprint density at radius 3 is 2.50 bits per heavy atom. The second-order valence-corrected chi connectivity index (χ2v) is 8.68. The van der Waals surface area contributed by atoms with Crippen LogP contribution in [0.3, 0.4) is 0 Å². The van der Waals surface area contributed by atoms with E-state index in [2.05, 4.69) is 48.3 Å². The largest absolute Gasteiger partial charge is 0.469 e. The molecule has 158 valence electrons. The summed E-state index contributed by atoms with van der Waals surface area (Å²) in [6.45, 7) is 1.28. The van der Waals surface area contributed by atoms with Crippen molar-refractivity contribution in [2.75, 3.05) is 27.4 Å². The van der Waals surface area contributed by atoms with Gasteiger partial charge in [-0.25, -0.2) is 0 Å². The number of esters is 1. The first-order chi connectivity index (χ1) is 14.7. The van der Waals surface area contributed by atoms with E-state index in [4.69, 9.17) is 14.2 Å². The molecule has 0 aliphatic carbocycles. The second-order valence-electron chi connectivity index (χ2n) is 8.68. The molecule has 0 N–H and O–H groups in total. The van der Waals surface area contributed by atoms with E-state index in [-0.39, 0.29) is 30.1 Å². The Kier molecular flexibility index (Phi) is 5.35. The first-order valence-corrected chi connectivity index (χ1v) is 10.9. The van der Waals surface area contributed by atoms with Gasteiger partial charge in [-0.15, -0.1) is 0 Å². The van der Waals surface area contributed by atoms with E-state index in [0.717, 1.165) is 29.5 Å². The van der Waals surface area contributed by atoms with E-state index >= 15 is 0 Å². The highest BCUT2D eigenvalue weighted by molar-refractivity contribution is 5.75. The second kappa shape index (κ2) is 8.14. The number of fused-ring (bicyclic) bond motifs is 2. The number of benzene rings is 2. The topological polar surface area (TPSA) is 48.0 Å². The summed E-state index contributed by atoms with van der Waals surface area (Å²) in [5.41, 5.74) is 4.58. The third-order valence-corrected chi connectivity index (χ3v) is 7.19. The zero-order chi connectivity index (χ0) is 20.7. The van der Waals surface area contributed by atoms with Crippen LogP contribution < -0.4 is 0 Å². The summed E-state index contributed by atoms with van der Waals surface area (Å²) in [4.78, 5) is 15.1. The van der Waals surface area contributed by atoms with Gasteiger partial charge in [-0.2, -0.15) is 0 Å². The van der Waals surface area contributed by atoms with Gasteiger partial charge in [0.2, 0.25) is 0 Å². The van der Waals surface area contributed by atoms with E-state index in [1.807, 2.05) is 12.1 Å². The van der Waals surface area contributed by atoms with Crippen molar-refractivity contribution in [3.05, 3.63) is 59.7 Å². The van der Waals surface area contributed by atoms with Crippen molar-refractivity contribution in [2.24, 2.45) is 5.92 Å². The van der Waals surface area contributed by atoms with E-state index in [0.29, 0.717) is 19.3 Å². The lowest BCUT2D eigenvalue weighted by molar-refractivity contribution is -0.150. The maximum atomic E-state index is 12.7. The molecule has 30 heavy (non-hydrogen) atoms. The number of rotatable bonds is 4. The molecule has 2 bridgehead atoms. The molecule has 5 nitrogen and oxygen atoms in total. The van der Waals surface area contributed by atoms with Crippen molar-refractivity contribution in [2.45, 2.75) is 43.6 Å². The van der Waals surface area contributed by atoms with Gasteiger partial charge in [0.15, 0.2) is 6.29 Å². The third-order valence-electron chi connectivity index (χ3n) is 7.19. The lowest BCUT2D eigenvalue weighted by Crippen LogP contribution is -2.49. The summed E-state index contributed by atoms with van der Waals surface area (Å²) < 4.78 is 16.5. The van der Waals surface area contributed by atoms with Crippen LogP contribution in [-0.4, -0.2) is 50.3 Å². The molecule has 0 spiro atoms. The number of hydrogen-bond donors (Lipinski definition) is 0. The lowest BCUT2D eigenvalue weighted by atomic mass is 9.76. The molecule has 0 saturated carbocycles. The molecule has 3 heterocycles. The Labute approximate surface area is 177 Å². The fraction of sp³-hybridized carbons (Fsp3) is 0.480. The van der Waals surface area contributed by atoms with Crippen LogP contribution in [0.4, 0.5) is 0 Å². The summed E-state index contributed by atoms with van der Waals surface area (Å²) >= 11 is 0. The number of carbonyl (C=O) groups is 1. The Morgan fingerprint density at radius 2 is 1.77 bits per heavy atom. The highest BCUT2D eigenvalue weighted by Crippen LogP contribution is 2.46. The molecular weight excluding hydrogens is 378 g/mol. The van der Waals surface area contributed by atoms with Crippen LogP contribution in [0.2, 0.25) is 0 Å². The van der Waals surface area contributed by atoms with Crippen LogP contribution in [0.5, 0.6) is 0 Å². The first-order valence-electron chi connectivity index (χ1n) is 10.9. The average molecular weight is 408 g/mol. The minimum absolute atomic E-state index is 0.0782. The van der Waals surface area contributed by atoms with Crippen molar-refractivity contribution >= 4 is 5.97 Å². The molecule has 3 aliphatic heterocycles. The quantitative estimate of drug-likeness (QED) is 0.713. The molecule has 4 atom stereocenters. The zero-order valence-corrected chi connectivity index (χ0v) is 17.6. The van der Waals surface area contributed by atoms with Gasteiger partial charge in [0, 0.05) is 23.6 Å². The molecule has 3 saturated heterocycles. The Hall–Kier alpha value is -2.21. The standard InChI is InChI=1S/C25H29NO4/c1-26-20-10-11-22(26)23(24(27)28-2)21(15-20)17-8-6-16(7-9-17)18-4-3-5-19(14-18)25-29-12-13-30-25/h3-9,14,20-23,25H,10-13,15H2,1-2H3. The molecule has 2 aromatic carbocycles. The van der Waals surface area contributed by atoms with E-state index in [9.17, 15) is 4.79 Å². The fourth-order valence-electron chi connectivity index (χ4n) is 5.61. The minimum atomic E-state index is -0.264. The Morgan fingerprint density at radius 1 is 1.00 bits per heavy atom. The molecule has 0 aromatic heterocycles. The predicted octanol–water partition coefficient (Wildman–Crippen LogP) is 4.14. The molecule has 3 fully saturated rings. The molecule has 3 aliphatic rings. The molecule has 5 heteroatoms. The fourth-order valence-corrected chi connectivity index (χ4v) is 5.61. The van der Waals surface area contributed by atoms with Crippen molar-refractivity contribution in [3.8, 4) is 11.1 Å². The van der Waals surface area contributed by atoms with E-state index in [1.54, 1.807) is 0 Å². The van der Waals surface area contributed by atoms with Gasteiger partial charge >= 0.3 is 5.97 Å². The normalized spacial score (nSPS) is 29.3. The molecule has 4 unspecified atom stereocenters. The molecule has 5 rings (SSSR count). The van der Waals surface area contributed by atoms with Gasteiger partial charge in [0.25, 0.3) is 0 Å². The highest BCUT2D eigenvalue weighted by Gasteiger charge is 2.49. The van der Waals surface area contributed by atoms with Crippen molar-refractivity contribution in [3.63, 3.8) is 0 Å². The van der Waals surface area contributed by atoms with Gasteiger partial charge in [-0.05, 0) is 49.1 Å². The number of carbonyl (C=O) groups excluding carboxylic acids is 1. The van der Waals surface area contributed by atoms with Crippen LogP contribution in [0, 0.1) is 5.92 Å². The third kappa shape index (κ3) is 3.45. The first kappa shape index (κ1) is 19.7. The van der Waals surface area contributed by atoms with Gasteiger partial charge in [-0.3, -0.25) is 9.69 Å². The smallest absolute Gasteiger partial charge is 0.310 e. The summed E-state index contributed by atoms with van der Waals surface area (Å²) in [6, 6.07) is 17.9. The zero-order valence-electron chi connectivity index (χ0n) is 17.6. The van der Waals surface area contributed by atoms with Crippen LogP contribution in [0.25, 0.3) is 11.1 Å². The summed E-state index contributed by atoms with van der Waals surface area (Å²) in [5, 5.41) is 0. The van der Waals surface area contributed by atoms with Crippen molar-refractivity contribution < 1.29 is 19.0 Å². The average Bonchev–Trinajstić information content (AvgIpc) is 3.40. The molecule has 2 aromatic rings. The van der Waals surface area contributed by atoms with Crippen LogP contribution in [-0.2, 0) is 19.0 Å². The maximum Gasteiger partial charge on any atom is 0.310 e. The summed E-state index contributed by atoms with van der Waals surface area (Å²) in [5.74, 6) is 0.0435. The number of ether oxygens (including phenoxy) is 3. The van der Waals surface area contributed by atoms with Crippen LogP contribution in [0.1, 0.15) is 42.6 Å². The van der Waals surface area contributed by atoms with Crippen LogP contribution in [0.15, 0.2) is 48.5 Å². The van der Waals surface area contributed by atoms with Crippen molar-refractivity contribution in [1.82, 2.24) is 4.90 Å². The van der Waals surface area contributed by atoms with Gasteiger partial charge in [-0.1, -0.05) is 42.5 Å². The van der Waals surface area contributed by atoms with E-state index < -0.39 is 0 Å². The Bertz CT molecular complexity index is 906. The van der Waals surface area contributed by atoms with E-state index in [1.165, 1.54) is 19.1 Å². The lowest BCUT2D eigenvalue weighted by Gasteiger charge is -2.41. The van der Waals surface area contributed by atoms with Crippen LogP contribution >= 0.6 is 0 Å². The molecule has 0 radical (unpaired) electrons. The number of hydrogen-bond acceptors (Lipinski definition) is 5. The highest BCUT2D eigenvalue weighted by atomic mass is 16.7. The monoisotopic (exact) mass is 407 g/mol. The van der Waals surface area contributed by atoms with Crippen molar-refractivity contribution in [1.29, 1.82) is 0 Å². The van der Waals surface area contributed by atoms with Gasteiger partial charge in [0.1, 0.15) is 0 Å². The number of methoxy groups -OCH3 is 1. The summed E-state index contributed by atoms with van der Waals surface area (Å²) in [7, 11) is 3.66. The molecule has 0 amide bonds. The molecular formula is C25H29NO4. The maximum absolute atomic E-state index is 12.7. The number of nitrogens with zero attached hydrogens (tertiary/aromatic N) is 1. The van der Waals surface area contributed by atoms with Gasteiger partial charge < -0.3 is 14.2 Å². The minimum Gasteiger partial charge on any atom is -0.469 e.